The van der Waals surface area contributed by atoms with E-state index in [2.05, 4.69) is 30.3 Å². The summed E-state index contributed by atoms with van der Waals surface area (Å²) >= 11 is 3.56. The highest BCUT2D eigenvalue weighted by atomic mass is 32.2. The van der Waals surface area contributed by atoms with Crippen LogP contribution in [0.3, 0.4) is 0 Å². The summed E-state index contributed by atoms with van der Waals surface area (Å²) in [5, 5.41) is 0. The SMILES string of the molecule is [B]c1cccc2c1Sc1ccccc1S2. The smallest absolute Gasteiger partial charge is 0.0883 e. The lowest BCUT2D eigenvalue weighted by Gasteiger charge is -2.19. The van der Waals surface area contributed by atoms with Gasteiger partial charge in [-0.05, 0) is 18.2 Å². The van der Waals surface area contributed by atoms with Crippen LogP contribution in [0.4, 0.5) is 0 Å². The van der Waals surface area contributed by atoms with Gasteiger partial charge in [-0.25, -0.2) is 0 Å². The average molecular weight is 226 g/mol. The second-order valence-corrected chi connectivity index (χ2v) is 5.46. The lowest BCUT2D eigenvalue weighted by molar-refractivity contribution is 1.17. The van der Waals surface area contributed by atoms with Crippen molar-refractivity contribution in [1.29, 1.82) is 0 Å². The Morgan fingerprint density at radius 3 is 2.20 bits per heavy atom. The molecule has 0 fully saturated rings. The van der Waals surface area contributed by atoms with Crippen molar-refractivity contribution in [2.45, 2.75) is 19.6 Å². The Bertz CT molecular complexity index is 523. The zero-order valence-electron chi connectivity index (χ0n) is 7.94. The molecule has 1 aliphatic heterocycles. The second-order valence-electron chi connectivity index (χ2n) is 3.33. The molecule has 15 heavy (non-hydrogen) atoms. The molecule has 3 rings (SSSR count). The zero-order valence-corrected chi connectivity index (χ0v) is 9.57. The summed E-state index contributed by atoms with van der Waals surface area (Å²) < 4.78 is 0. The maximum atomic E-state index is 5.96. The third-order valence-corrected chi connectivity index (χ3v) is 4.92. The highest BCUT2D eigenvalue weighted by Crippen LogP contribution is 2.47. The molecule has 0 saturated carbocycles. The van der Waals surface area contributed by atoms with Gasteiger partial charge in [0.25, 0.3) is 0 Å². The molecule has 2 aromatic rings. The minimum Gasteiger partial charge on any atom is -0.0883 e. The van der Waals surface area contributed by atoms with Crippen LogP contribution in [0.2, 0.25) is 0 Å². The monoisotopic (exact) mass is 226 g/mol. The Hall–Kier alpha value is -0.795. The number of benzene rings is 2. The Morgan fingerprint density at radius 1 is 0.733 bits per heavy atom. The third kappa shape index (κ3) is 1.60. The quantitative estimate of drug-likeness (QED) is 0.540. The summed E-state index contributed by atoms with van der Waals surface area (Å²) in [6, 6.07) is 14.5. The van der Waals surface area contributed by atoms with Crippen LogP contribution >= 0.6 is 23.5 Å². The number of hydrogen-bond donors (Lipinski definition) is 0. The van der Waals surface area contributed by atoms with Gasteiger partial charge in [0.15, 0.2) is 0 Å². The van der Waals surface area contributed by atoms with Crippen LogP contribution in [-0.2, 0) is 0 Å². The maximum Gasteiger partial charge on any atom is 0.115 e. The van der Waals surface area contributed by atoms with Crippen LogP contribution in [0, 0.1) is 0 Å². The van der Waals surface area contributed by atoms with Gasteiger partial charge in [0.2, 0.25) is 0 Å². The third-order valence-electron chi connectivity index (χ3n) is 2.29. The van der Waals surface area contributed by atoms with Crippen LogP contribution in [0.1, 0.15) is 0 Å². The molecule has 1 aliphatic rings. The average Bonchev–Trinajstić information content (AvgIpc) is 2.27. The van der Waals surface area contributed by atoms with Gasteiger partial charge in [0.05, 0.1) is 0 Å². The molecule has 1 heterocycles. The fourth-order valence-electron chi connectivity index (χ4n) is 1.57. The zero-order chi connectivity index (χ0) is 10.3. The molecule has 0 amide bonds. The Labute approximate surface area is 98.9 Å². The van der Waals surface area contributed by atoms with Crippen LogP contribution in [-0.4, -0.2) is 7.85 Å². The van der Waals surface area contributed by atoms with Gasteiger partial charge in [-0.2, -0.15) is 0 Å². The lowest BCUT2D eigenvalue weighted by Crippen LogP contribution is -2.08. The van der Waals surface area contributed by atoms with E-state index in [4.69, 9.17) is 7.85 Å². The number of fused-ring (bicyclic) bond motifs is 2. The van der Waals surface area contributed by atoms with Gasteiger partial charge in [0.1, 0.15) is 7.85 Å². The largest absolute Gasteiger partial charge is 0.115 e. The van der Waals surface area contributed by atoms with Crippen molar-refractivity contribution >= 4 is 36.8 Å². The molecular formula is C12H7BS2. The first-order valence-electron chi connectivity index (χ1n) is 4.68. The first-order chi connectivity index (χ1) is 7.34. The second kappa shape index (κ2) is 3.65. The molecule has 0 unspecified atom stereocenters. The molecule has 0 nitrogen and oxygen atoms in total. The summed E-state index contributed by atoms with van der Waals surface area (Å²) in [7, 11) is 5.96. The summed E-state index contributed by atoms with van der Waals surface area (Å²) in [6.45, 7) is 0. The van der Waals surface area contributed by atoms with E-state index in [9.17, 15) is 0 Å². The van der Waals surface area contributed by atoms with Gasteiger partial charge >= 0.3 is 0 Å². The van der Waals surface area contributed by atoms with E-state index >= 15 is 0 Å². The van der Waals surface area contributed by atoms with Crippen molar-refractivity contribution in [1.82, 2.24) is 0 Å². The van der Waals surface area contributed by atoms with Crippen LogP contribution < -0.4 is 5.46 Å². The van der Waals surface area contributed by atoms with Gasteiger partial charge in [-0.1, -0.05) is 53.3 Å². The summed E-state index contributed by atoms with van der Waals surface area (Å²) in [6.07, 6.45) is 0. The van der Waals surface area contributed by atoms with Gasteiger partial charge in [0, 0.05) is 19.6 Å². The molecule has 2 radical (unpaired) electrons. The highest BCUT2D eigenvalue weighted by molar-refractivity contribution is 8.05. The normalized spacial score (nSPS) is 13.1. The predicted molar refractivity (Wildman–Crippen MR) is 66.5 cm³/mol. The number of hydrogen-bond acceptors (Lipinski definition) is 2. The van der Waals surface area contributed by atoms with Crippen molar-refractivity contribution < 1.29 is 0 Å². The standard InChI is InChI=1S/C12H7BS2/c13-8-4-3-7-11-12(8)15-10-6-2-1-5-9(10)14-11/h1-7H. The fourth-order valence-corrected chi connectivity index (χ4v) is 3.87. The predicted octanol–water partition coefficient (Wildman–Crippen LogP) is 3.10. The van der Waals surface area contributed by atoms with Crippen LogP contribution in [0.5, 0.6) is 0 Å². The minimum absolute atomic E-state index is 0.875. The summed E-state index contributed by atoms with van der Waals surface area (Å²) in [4.78, 5) is 5.08. The molecular weight excluding hydrogens is 219 g/mol. The minimum atomic E-state index is 0.875. The van der Waals surface area contributed by atoms with Gasteiger partial charge in [-0.15, -0.1) is 0 Å². The Balaban J connectivity index is 2.15. The van der Waals surface area contributed by atoms with Gasteiger partial charge in [-0.3, -0.25) is 0 Å². The van der Waals surface area contributed by atoms with Crippen molar-refractivity contribution in [2.24, 2.45) is 0 Å². The van der Waals surface area contributed by atoms with E-state index < -0.39 is 0 Å². The molecule has 0 saturated heterocycles. The number of rotatable bonds is 0. The van der Waals surface area contributed by atoms with Crippen molar-refractivity contribution in [3.8, 4) is 0 Å². The van der Waals surface area contributed by atoms with Crippen LogP contribution in [0.25, 0.3) is 0 Å². The summed E-state index contributed by atoms with van der Waals surface area (Å²) in [5.74, 6) is 0. The van der Waals surface area contributed by atoms with Crippen LogP contribution in [0.15, 0.2) is 62.0 Å². The molecule has 0 spiro atoms. The van der Waals surface area contributed by atoms with Crippen molar-refractivity contribution in [3.63, 3.8) is 0 Å². The molecule has 0 aliphatic carbocycles. The van der Waals surface area contributed by atoms with E-state index in [0.717, 1.165) is 5.46 Å². The van der Waals surface area contributed by atoms with E-state index in [1.165, 1.54) is 19.6 Å². The van der Waals surface area contributed by atoms with Gasteiger partial charge < -0.3 is 0 Å². The molecule has 0 N–H and O–H groups in total. The molecule has 0 atom stereocenters. The fraction of sp³-hybridized carbons (Fsp3) is 0. The summed E-state index contributed by atoms with van der Waals surface area (Å²) in [5.41, 5.74) is 0.875. The molecule has 0 bridgehead atoms. The molecule has 2 aromatic carbocycles. The highest BCUT2D eigenvalue weighted by Gasteiger charge is 2.16. The molecule has 3 heteroatoms. The van der Waals surface area contributed by atoms with Crippen molar-refractivity contribution in [3.05, 3.63) is 42.5 Å². The molecule has 70 valence electrons. The first-order valence-corrected chi connectivity index (χ1v) is 6.31. The first kappa shape index (κ1) is 9.43. The van der Waals surface area contributed by atoms with E-state index in [1.54, 1.807) is 23.5 Å². The lowest BCUT2D eigenvalue weighted by atomic mass is 9.96. The maximum absolute atomic E-state index is 5.96. The topological polar surface area (TPSA) is 0 Å². The Kier molecular flexibility index (Phi) is 2.30. The van der Waals surface area contributed by atoms with E-state index in [-0.39, 0.29) is 0 Å². The Morgan fingerprint density at radius 2 is 1.40 bits per heavy atom. The van der Waals surface area contributed by atoms with E-state index in [1.807, 2.05) is 12.1 Å². The molecule has 0 aromatic heterocycles. The van der Waals surface area contributed by atoms with E-state index in [0.29, 0.717) is 0 Å². The van der Waals surface area contributed by atoms with Crippen molar-refractivity contribution in [2.75, 3.05) is 0 Å².